The molecule has 0 unspecified atom stereocenters. The molecule has 43 heavy (non-hydrogen) atoms. The zero-order valence-corrected chi connectivity index (χ0v) is 30.0. The van der Waals surface area contributed by atoms with E-state index in [1.54, 1.807) is 42.5 Å². The van der Waals surface area contributed by atoms with Crippen molar-refractivity contribution in [3.05, 3.63) is 102 Å². The fourth-order valence-corrected chi connectivity index (χ4v) is 5.81. The van der Waals surface area contributed by atoms with Crippen molar-refractivity contribution in [1.82, 2.24) is 4.98 Å². The summed E-state index contributed by atoms with van der Waals surface area (Å²) in [5.74, 6) is 0.141. The van der Waals surface area contributed by atoms with Gasteiger partial charge in [-0.3, -0.25) is 0 Å². The Balaban J connectivity index is 0.00000253. The summed E-state index contributed by atoms with van der Waals surface area (Å²) in [6.45, 7) is 6.21. The minimum atomic E-state index is -4.96. The molecular weight excluding hydrogens is 608 g/mol. The van der Waals surface area contributed by atoms with Crippen molar-refractivity contribution >= 4 is 43.5 Å². The number of oxazole rings is 1. The van der Waals surface area contributed by atoms with E-state index in [4.69, 9.17) is 4.42 Å². The zero-order valence-electron chi connectivity index (χ0n) is 24.4. The summed E-state index contributed by atoms with van der Waals surface area (Å²) >= 11 is 0. The first-order chi connectivity index (χ1) is 19.2. The molecule has 0 amide bonds. The van der Waals surface area contributed by atoms with Crippen molar-refractivity contribution in [3.8, 4) is 22.6 Å². The Bertz CT molecular complexity index is 2030. The van der Waals surface area contributed by atoms with Crippen molar-refractivity contribution in [2.75, 3.05) is 0 Å². The van der Waals surface area contributed by atoms with E-state index in [-0.39, 0.29) is 87.1 Å². The largest absolute Gasteiger partial charge is 1.00 e. The summed E-state index contributed by atoms with van der Waals surface area (Å²) in [6.07, 6.45) is 2.57. The van der Waals surface area contributed by atoms with Crippen molar-refractivity contribution in [2.24, 2.45) is 0 Å². The Labute approximate surface area is 295 Å². The molecule has 4 aromatic carbocycles. The summed E-state index contributed by atoms with van der Waals surface area (Å²) < 4.78 is 78.7. The van der Waals surface area contributed by atoms with Gasteiger partial charge in [0.2, 0.25) is 5.89 Å². The maximum Gasteiger partial charge on any atom is 1.00 e. The SMILES string of the molecule is CC(C)(C)c1ccc2oc(-c3ccc(C=Cc4ccc(-c5ccccc5)cc4S(=O)(=O)[O-])c(S(=O)(=O)[O-])c3)nc2c1.[Na+].[Na+]. The number of hydrogen-bond donors (Lipinski definition) is 0. The maximum atomic E-state index is 12.2. The predicted molar refractivity (Wildman–Crippen MR) is 155 cm³/mol. The van der Waals surface area contributed by atoms with E-state index in [0.717, 1.165) is 11.1 Å². The number of aromatic nitrogens is 1. The monoisotopic (exact) mass is 633 g/mol. The molecule has 0 fully saturated rings. The van der Waals surface area contributed by atoms with Crippen LogP contribution < -0.4 is 59.1 Å². The van der Waals surface area contributed by atoms with E-state index < -0.39 is 30.0 Å². The molecule has 0 saturated carbocycles. The van der Waals surface area contributed by atoms with E-state index in [9.17, 15) is 25.9 Å². The van der Waals surface area contributed by atoms with Crippen LogP contribution in [0.25, 0.3) is 45.8 Å². The van der Waals surface area contributed by atoms with Gasteiger partial charge in [0, 0.05) is 5.56 Å². The summed E-state index contributed by atoms with van der Waals surface area (Å²) in [5, 5.41) is 0. The molecule has 0 bridgehead atoms. The normalized spacial score (nSPS) is 12.2. The summed E-state index contributed by atoms with van der Waals surface area (Å²) in [5.41, 5.74) is 3.61. The Kier molecular flexibility index (Phi) is 11.1. The number of fused-ring (bicyclic) bond motifs is 1. The van der Waals surface area contributed by atoms with Gasteiger partial charge >= 0.3 is 59.1 Å². The molecule has 12 heteroatoms. The number of benzene rings is 4. The molecule has 1 heterocycles. The molecule has 1 aromatic heterocycles. The standard InChI is InChI=1S/C31H27NO7S2.2Na/c1-31(2,3)25-15-16-27-26(19-25)32-30(39-27)24-14-12-22(29(18-24)41(36,37)38)10-9-21-11-13-23(17-28(21)40(33,34)35)20-7-5-4-6-8-20;;/h4-19H,1-3H3,(H,33,34,35)(H,36,37,38);;/q;2*+1/p-2. The first-order valence-corrected chi connectivity index (χ1v) is 15.4. The molecule has 5 aromatic rings. The van der Waals surface area contributed by atoms with Gasteiger partial charge in [-0.05, 0) is 63.6 Å². The Morgan fingerprint density at radius 2 is 1.21 bits per heavy atom. The average Bonchev–Trinajstić information content (AvgIpc) is 3.34. The van der Waals surface area contributed by atoms with Crippen molar-refractivity contribution in [2.45, 2.75) is 36.0 Å². The number of hydrogen-bond acceptors (Lipinski definition) is 8. The molecule has 0 radical (unpaired) electrons. The fourth-order valence-electron chi connectivity index (χ4n) is 4.42. The van der Waals surface area contributed by atoms with E-state index in [0.29, 0.717) is 16.7 Å². The van der Waals surface area contributed by atoms with Crippen LogP contribution in [0.2, 0.25) is 0 Å². The minimum Gasteiger partial charge on any atom is -0.744 e. The van der Waals surface area contributed by atoms with Gasteiger partial charge in [-0.15, -0.1) is 0 Å². The fraction of sp³-hybridized carbons (Fsp3) is 0.129. The molecular formula is C31H25NNa2O7S2. The van der Waals surface area contributed by atoms with Crippen LogP contribution in [-0.2, 0) is 25.7 Å². The topological polar surface area (TPSA) is 140 Å². The predicted octanol–water partition coefficient (Wildman–Crippen LogP) is 0.446. The first-order valence-electron chi connectivity index (χ1n) is 12.5. The third kappa shape index (κ3) is 8.15. The van der Waals surface area contributed by atoms with Crippen LogP contribution in [0, 0.1) is 0 Å². The summed E-state index contributed by atoms with van der Waals surface area (Å²) in [6, 6.07) is 23.0. The van der Waals surface area contributed by atoms with Crippen LogP contribution in [0.3, 0.4) is 0 Å². The van der Waals surface area contributed by atoms with Crippen LogP contribution in [-0.4, -0.2) is 30.9 Å². The van der Waals surface area contributed by atoms with E-state index in [1.165, 1.54) is 36.4 Å². The zero-order chi connectivity index (χ0) is 29.6. The van der Waals surface area contributed by atoms with Gasteiger partial charge in [-0.25, -0.2) is 21.8 Å². The molecule has 0 saturated heterocycles. The van der Waals surface area contributed by atoms with Crippen LogP contribution in [0.1, 0.15) is 37.5 Å². The molecule has 0 atom stereocenters. The quantitative estimate of drug-likeness (QED) is 0.149. The van der Waals surface area contributed by atoms with Gasteiger partial charge in [-0.2, -0.15) is 0 Å². The van der Waals surface area contributed by atoms with Crippen LogP contribution in [0.4, 0.5) is 0 Å². The average molecular weight is 634 g/mol. The Morgan fingerprint density at radius 3 is 1.74 bits per heavy atom. The third-order valence-corrected chi connectivity index (χ3v) is 8.40. The molecule has 8 nitrogen and oxygen atoms in total. The molecule has 0 aliphatic carbocycles. The van der Waals surface area contributed by atoms with E-state index in [2.05, 4.69) is 25.8 Å². The Morgan fingerprint density at radius 1 is 0.674 bits per heavy atom. The van der Waals surface area contributed by atoms with Crippen LogP contribution in [0.15, 0.2) is 99.1 Å². The van der Waals surface area contributed by atoms with E-state index in [1.807, 2.05) is 18.2 Å². The van der Waals surface area contributed by atoms with Crippen molar-refractivity contribution < 1.29 is 89.5 Å². The maximum absolute atomic E-state index is 12.2. The molecule has 0 aliphatic heterocycles. The van der Waals surface area contributed by atoms with Gasteiger partial charge in [0.1, 0.15) is 25.8 Å². The summed E-state index contributed by atoms with van der Waals surface area (Å²) in [4.78, 5) is 3.47. The number of nitrogens with zero attached hydrogens (tertiary/aromatic N) is 1. The van der Waals surface area contributed by atoms with Gasteiger partial charge in [0.15, 0.2) is 5.58 Å². The molecule has 0 aliphatic rings. The molecule has 0 spiro atoms. The van der Waals surface area contributed by atoms with Crippen LogP contribution in [0.5, 0.6) is 0 Å². The Hall–Kier alpha value is -2.09. The second kappa shape index (κ2) is 13.5. The molecule has 210 valence electrons. The smallest absolute Gasteiger partial charge is 0.744 e. The van der Waals surface area contributed by atoms with Crippen LogP contribution >= 0.6 is 0 Å². The second-order valence-electron chi connectivity index (χ2n) is 10.6. The van der Waals surface area contributed by atoms with Crippen molar-refractivity contribution in [3.63, 3.8) is 0 Å². The summed E-state index contributed by atoms with van der Waals surface area (Å²) in [7, 11) is -9.83. The molecule has 0 N–H and O–H groups in total. The van der Waals surface area contributed by atoms with Crippen molar-refractivity contribution in [1.29, 1.82) is 0 Å². The van der Waals surface area contributed by atoms with E-state index >= 15 is 0 Å². The van der Waals surface area contributed by atoms with Gasteiger partial charge in [0.25, 0.3) is 0 Å². The van der Waals surface area contributed by atoms with Gasteiger partial charge < -0.3 is 13.5 Å². The minimum absolute atomic E-state index is 0. The first kappa shape index (κ1) is 35.4. The second-order valence-corrected chi connectivity index (χ2v) is 13.3. The number of rotatable bonds is 6. The third-order valence-electron chi connectivity index (χ3n) is 6.62. The van der Waals surface area contributed by atoms with Gasteiger partial charge in [-0.1, -0.05) is 87.5 Å². The molecule has 5 rings (SSSR count). The van der Waals surface area contributed by atoms with Gasteiger partial charge in [0.05, 0.1) is 9.79 Å².